The van der Waals surface area contributed by atoms with E-state index in [1.807, 2.05) is 6.92 Å². The Morgan fingerprint density at radius 1 is 1.30 bits per heavy atom. The van der Waals surface area contributed by atoms with Crippen molar-refractivity contribution in [2.24, 2.45) is 5.41 Å². The highest BCUT2D eigenvalue weighted by atomic mass is 16.5. The fraction of sp³-hybridized carbons (Fsp3) is 1.00. The van der Waals surface area contributed by atoms with Crippen molar-refractivity contribution in [1.82, 2.24) is 0 Å². The minimum absolute atomic E-state index is 0.397. The van der Waals surface area contributed by atoms with E-state index in [2.05, 4.69) is 27.7 Å². The van der Waals surface area contributed by atoms with Gasteiger partial charge in [0.15, 0.2) is 0 Å². The molecular formula is C9H20O. The van der Waals surface area contributed by atoms with Gasteiger partial charge < -0.3 is 4.74 Å². The van der Waals surface area contributed by atoms with E-state index in [9.17, 15) is 0 Å². The Kier molecular flexibility index (Phi) is 3.95. The van der Waals surface area contributed by atoms with Crippen molar-refractivity contribution in [2.45, 2.75) is 47.1 Å². The molecule has 0 radical (unpaired) electrons. The second-order valence-corrected chi connectivity index (χ2v) is 4.03. The molecule has 0 aliphatic rings. The molecule has 0 aliphatic carbocycles. The molecule has 62 valence electrons. The molecule has 0 rings (SSSR count). The van der Waals surface area contributed by atoms with Gasteiger partial charge in [-0.15, -0.1) is 0 Å². The zero-order valence-corrected chi connectivity index (χ0v) is 7.90. The van der Waals surface area contributed by atoms with E-state index in [1.54, 1.807) is 0 Å². The van der Waals surface area contributed by atoms with E-state index in [0.717, 1.165) is 13.0 Å². The number of hydrogen-bond acceptors (Lipinski definition) is 1. The quantitative estimate of drug-likeness (QED) is 0.592. The van der Waals surface area contributed by atoms with Crippen molar-refractivity contribution in [3.05, 3.63) is 0 Å². The summed E-state index contributed by atoms with van der Waals surface area (Å²) in [7, 11) is 0. The van der Waals surface area contributed by atoms with Crippen LogP contribution in [-0.2, 0) is 4.74 Å². The molecule has 0 fully saturated rings. The molecule has 0 heterocycles. The lowest BCUT2D eigenvalue weighted by atomic mass is 9.90. The molecule has 0 aromatic heterocycles. The summed E-state index contributed by atoms with van der Waals surface area (Å²) in [5.74, 6) is 0. The van der Waals surface area contributed by atoms with Crippen LogP contribution in [0, 0.1) is 5.41 Å². The smallest absolute Gasteiger partial charge is 0.0551 e. The molecule has 10 heavy (non-hydrogen) atoms. The maximum atomic E-state index is 5.42. The zero-order valence-electron chi connectivity index (χ0n) is 7.90. The van der Waals surface area contributed by atoms with E-state index in [1.165, 1.54) is 0 Å². The Morgan fingerprint density at radius 2 is 1.80 bits per heavy atom. The first-order chi connectivity index (χ1) is 4.45. The zero-order chi connectivity index (χ0) is 8.20. The van der Waals surface area contributed by atoms with Crippen LogP contribution < -0.4 is 0 Å². The molecule has 0 aromatic rings. The molecule has 1 heteroatoms. The predicted octanol–water partition coefficient (Wildman–Crippen LogP) is 2.85. The second kappa shape index (κ2) is 3.97. The Morgan fingerprint density at radius 3 is 2.10 bits per heavy atom. The Balaban J connectivity index is 3.47. The van der Waals surface area contributed by atoms with Crippen molar-refractivity contribution in [2.75, 3.05) is 6.61 Å². The first kappa shape index (κ1) is 9.96. The predicted molar refractivity (Wildman–Crippen MR) is 45.2 cm³/mol. The van der Waals surface area contributed by atoms with Crippen LogP contribution in [-0.4, -0.2) is 12.7 Å². The highest BCUT2D eigenvalue weighted by molar-refractivity contribution is 4.65. The molecule has 0 saturated carbocycles. The summed E-state index contributed by atoms with van der Waals surface area (Å²) in [5, 5.41) is 0. The maximum absolute atomic E-state index is 5.42. The van der Waals surface area contributed by atoms with Gasteiger partial charge in [-0.3, -0.25) is 0 Å². The van der Waals surface area contributed by atoms with Gasteiger partial charge in [0.25, 0.3) is 0 Å². The van der Waals surface area contributed by atoms with Crippen LogP contribution in [0.25, 0.3) is 0 Å². The van der Waals surface area contributed by atoms with Gasteiger partial charge in [-0.2, -0.15) is 0 Å². The van der Waals surface area contributed by atoms with Gasteiger partial charge in [0.05, 0.1) is 6.10 Å². The third-order valence-electron chi connectivity index (χ3n) is 1.35. The van der Waals surface area contributed by atoms with E-state index in [4.69, 9.17) is 4.74 Å². The molecule has 1 atom stereocenters. The monoisotopic (exact) mass is 144 g/mol. The van der Waals surface area contributed by atoms with E-state index < -0.39 is 0 Å². The maximum Gasteiger partial charge on any atom is 0.0551 e. The summed E-state index contributed by atoms with van der Waals surface area (Å²) in [6.07, 6.45) is 1.55. The van der Waals surface area contributed by atoms with E-state index >= 15 is 0 Å². The van der Waals surface area contributed by atoms with Gasteiger partial charge >= 0.3 is 0 Å². The number of rotatable bonds is 3. The Labute approximate surface area is 64.8 Å². The number of hydrogen-bond donors (Lipinski definition) is 0. The summed E-state index contributed by atoms with van der Waals surface area (Å²) in [6.45, 7) is 11.7. The third-order valence-corrected chi connectivity index (χ3v) is 1.35. The molecule has 0 amide bonds. The van der Waals surface area contributed by atoms with Crippen LogP contribution in [0.3, 0.4) is 0 Å². The number of ether oxygens (including phenoxy) is 1. The van der Waals surface area contributed by atoms with E-state index in [0.29, 0.717) is 11.5 Å². The molecule has 1 nitrogen and oxygen atoms in total. The summed E-state index contributed by atoms with van der Waals surface area (Å²) in [6, 6.07) is 0. The van der Waals surface area contributed by atoms with Crippen LogP contribution >= 0.6 is 0 Å². The Bertz CT molecular complexity index is 81.2. The lowest BCUT2D eigenvalue weighted by Gasteiger charge is -2.22. The van der Waals surface area contributed by atoms with Crippen LogP contribution in [0.4, 0.5) is 0 Å². The summed E-state index contributed by atoms with van der Waals surface area (Å²) in [5.41, 5.74) is 0.397. The van der Waals surface area contributed by atoms with Crippen molar-refractivity contribution < 1.29 is 4.74 Å². The average Bonchev–Trinajstić information content (AvgIpc) is 1.59. The van der Waals surface area contributed by atoms with Gasteiger partial charge in [-0.1, -0.05) is 20.8 Å². The average molecular weight is 144 g/mol. The van der Waals surface area contributed by atoms with E-state index in [-0.39, 0.29) is 0 Å². The van der Waals surface area contributed by atoms with Gasteiger partial charge in [0, 0.05) is 6.61 Å². The van der Waals surface area contributed by atoms with Crippen LogP contribution in [0.2, 0.25) is 0 Å². The highest BCUT2D eigenvalue weighted by Crippen LogP contribution is 2.21. The van der Waals surface area contributed by atoms with Gasteiger partial charge in [0.1, 0.15) is 0 Å². The molecular weight excluding hydrogens is 124 g/mol. The molecule has 0 aliphatic heterocycles. The topological polar surface area (TPSA) is 9.23 Å². The summed E-state index contributed by atoms with van der Waals surface area (Å²) in [4.78, 5) is 0. The second-order valence-electron chi connectivity index (χ2n) is 4.03. The van der Waals surface area contributed by atoms with Crippen molar-refractivity contribution in [1.29, 1.82) is 0 Å². The van der Waals surface area contributed by atoms with Gasteiger partial charge in [-0.25, -0.2) is 0 Å². The lowest BCUT2D eigenvalue weighted by Crippen LogP contribution is -2.17. The minimum atomic E-state index is 0.397. The van der Waals surface area contributed by atoms with Crippen LogP contribution in [0.1, 0.15) is 41.0 Å². The lowest BCUT2D eigenvalue weighted by molar-refractivity contribution is 0.0467. The molecule has 0 aromatic carbocycles. The normalized spacial score (nSPS) is 15.3. The van der Waals surface area contributed by atoms with Crippen LogP contribution in [0.15, 0.2) is 0 Å². The molecule has 1 unspecified atom stereocenters. The fourth-order valence-corrected chi connectivity index (χ4v) is 1.21. The minimum Gasteiger partial charge on any atom is -0.379 e. The Hall–Kier alpha value is -0.0400. The van der Waals surface area contributed by atoms with Gasteiger partial charge in [0.2, 0.25) is 0 Å². The first-order valence-electron chi connectivity index (χ1n) is 4.07. The molecule has 0 saturated heterocycles. The SMILES string of the molecule is CCOC(C)CC(C)(C)C. The van der Waals surface area contributed by atoms with Crippen LogP contribution in [0.5, 0.6) is 0 Å². The van der Waals surface area contributed by atoms with Crippen molar-refractivity contribution in [3.8, 4) is 0 Å². The molecule has 0 bridgehead atoms. The van der Waals surface area contributed by atoms with Gasteiger partial charge in [-0.05, 0) is 25.7 Å². The largest absolute Gasteiger partial charge is 0.379 e. The summed E-state index contributed by atoms with van der Waals surface area (Å²) < 4.78 is 5.42. The molecule has 0 spiro atoms. The standard InChI is InChI=1S/C9H20O/c1-6-10-8(2)7-9(3,4)5/h8H,6-7H2,1-5H3. The highest BCUT2D eigenvalue weighted by Gasteiger charge is 2.14. The first-order valence-corrected chi connectivity index (χ1v) is 4.07. The molecule has 0 N–H and O–H groups in total. The fourth-order valence-electron chi connectivity index (χ4n) is 1.21. The van der Waals surface area contributed by atoms with Crippen molar-refractivity contribution in [3.63, 3.8) is 0 Å². The van der Waals surface area contributed by atoms with Crippen molar-refractivity contribution >= 4 is 0 Å². The summed E-state index contributed by atoms with van der Waals surface area (Å²) >= 11 is 0. The third kappa shape index (κ3) is 6.09.